The topological polar surface area (TPSA) is 41.1 Å². The third-order valence-electron chi connectivity index (χ3n) is 4.72. The van der Waals surface area contributed by atoms with Crippen molar-refractivity contribution in [3.63, 3.8) is 0 Å². The summed E-state index contributed by atoms with van der Waals surface area (Å²) in [4.78, 5) is 14.0. The second-order valence-electron chi connectivity index (χ2n) is 5.91. The SMILES string of the molecule is CCC1(C(=O)NC2CCSc3ccc(Cl)cc32)CCNC1. The molecule has 5 heteroatoms. The summed E-state index contributed by atoms with van der Waals surface area (Å²) in [6.07, 6.45) is 2.78. The molecule has 114 valence electrons. The van der Waals surface area contributed by atoms with E-state index in [2.05, 4.69) is 23.6 Å². The molecule has 0 spiro atoms. The van der Waals surface area contributed by atoms with Crippen LogP contribution in [0.15, 0.2) is 23.1 Å². The van der Waals surface area contributed by atoms with E-state index in [0.29, 0.717) is 0 Å². The van der Waals surface area contributed by atoms with Crippen LogP contribution in [-0.4, -0.2) is 24.7 Å². The predicted octanol–water partition coefficient (Wildman–Crippen LogP) is 3.38. The Hall–Kier alpha value is -0.710. The number of fused-ring (bicyclic) bond motifs is 1. The third-order valence-corrected chi connectivity index (χ3v) is 6.08. The van der Waals surface area contributed by atoms with Gasteiger partial charge in [0.1, 0.15) is 0 Å². The van der Waals surface area contributed by atoms with Crippen molar-refractivity contribution < 1.29 is 4.79 Å². The predicted molar refractivity (Wildman–Crippen MR) is 87.9 cm³/mol. The van der Waals surface area contributed by atoms with E-state index in [1.54, 1.807) is 0 Å². The first-order valence-corrected chi connectivity index (χ1v) is 8.95. The molecule has 0 aliphatic carbocycles. The maximum atomic E-state index is 12.8. The van der Waals surface area contributed by atoms with E-state index in [0.717, 1.165) is 43.1 Å². The van der Waals surface area contributed by atoms with Crippen LogP contribution in [0.1, 0.15) is 37.8 Å². The Morgan fingerprint density at radius 3 is 3.14 bits per heavy atom. The highest BCUT2D eigenvalue weighted by molar-refractivity contribution is 7.99. The van der Waals surface area contributed by atoms with Gasteiger partial charge in [0.15, 0.2) is 0 Å². The second-order valence-corrected chi connectivity index (χ2v) is 7.48. The number of carbonyl (C=O) groups is 1. The molecule has 1 aromatic rings. The Kier molecular flexibility index (Phi) is 4.48. The minimum Gasteiger partial charge on any atom is -0.349 e. The molecule has 0 bridgehead atoms. The number of hydrogen-bond donors (Lipinski definition) is 2. The van der Waals surface area contributed by atoms with Crippen LogP contribution in [0.5, 0.6) is 0 Å². The van der Waals surface area contributed by atoms with Gasteiger partial charge in [-0.2, -0.15) is 0 Å². The van der Waals surface area contributed by atoms with Crippen LogP contribution in [0.3, 0.4) is 0 Å². The van der Waals surface area contributed by atoms with Gasteiger partial charge < -0.3 is 10.6 Å². The van der Waals surface area contributed by atoms with Gasteiger partial charge in [0.2, 0.25) is 5.91 Å². The first-order chi connectivity index (χ1) is 10.1. The summed E-state index contributed by atoms with van der Waals surface area (Å²) in [5.74, 6) is 1.23. The summed E-state index contributed by atoms with van der Waals surface area (Å²) in [5.41, 5.74) is 0.938. The summed E-state index contributed by atoms with van der Waals surface area (Å²) in [6.45, 7) is 3.83. The highest BCUT2D eigenvalue weighted by Gasteiger charge is 2.40. The van der Waals surface area contributed by atoms with Crippen molar-refractivity contribution in [3.8, 4) is 0 Å². The van der Waals surface area contributed by atoms with E-state index in [9.17, 15) is 4.79 Å². The van der Waals surface area contributed by atoms with Gasteiger partial charge in [-0.15, -0.1) is 11.8 Å². The number of hydrogen-bond acceptors (Lipinski definition) is 3. The molecule has 0 radical (unpaired) electrons. The highest BCUT2D eigenvalue weighted by Crippen LogP contribution is 2.39. The second kappa shape index (κ2) is 6.19. The molecule has 2 aliphatic rings. The molecule has 2 atom stereocenters. The van der Waals surface area contributed by atoms with Crippen molar-refractivity contribution in [3.05, 3.63) is 28.8 Å². The van der Waals surface area contributed by atoms with Gasteiger partial charge in [-0.3, -0.25) is 4.79 Å². The van der Waals surface area contributed by atoms with Crippen molar-refractivity contribution in [2.24, 2.45) is 5.41 Å². The van der Waals surface area contributed by atoms with E-state index in [1.807, 2.05) is 23.9 Å². The minimum absolute atomic E-state index is 0.0940. The first-order valence-electron chi connectivity index (χ1n) is 7.58. The van der Waals surface area contributed by atoms with Crippen LogP contribution in [0.25, 0.3) is 0 Å². The molecular formula is C16H21ClN2OS. The lowest BCUT2D eigenvalue weighted by Crippen LogP contribution is -2.44. The largest absolute Gasteiger partial charge is 0.349 e. The maximum Gasteiger partial charge on any atom is 0.228 e. The molecule has 2 unspecified atom stereocenters. The minimum atomic E-state index is -0.233. The number of rotatable bonds is 3. The summed E-state index contributed by atoms with van der Waals surface area (Å²) in [5, 5.41) is 7.35. The fourth-order valence-corrected chi connectivity index (χ4v) is 4.51. The van der Waals surface area contributed by atoms with Gasteiger partial charge in [-0.1, -0.05) is 18.5 Å². The van der Waals surface area contributed by atoms with Crippen LogP contribution in [0.4, 0.5) is 0 Å². The van der Waals surface area contributed by atoms with E-state index in [1.165, 1.54) is 10.5 Å². The molecule has 1 aromatic carbocycles. The number of amides is 1. The Morgan fingerprint density at radius 1 is 1.57 bits per heavy atom. The standard InChI is InChI=1S/C16H21ClN2OS/c1-2-16(6-7-18-10-16)15(20)19-13-5-8-21-14-4-3-11(17)9-12(13)14/h3-4,9,13,18H,2,5-8,10H2,1H3,(H,19,20). The summed E-state index contributed by atoms with van der Waals surface area (Å²) in [6, 6.07) is 6.08. The molecule has 2 aliphatic heterocycles. The molecule has 21 heavy (non-hydrogen) atoms. The van der Waals surface area contributed by atoms with Gasteiger partial charge in [0.05, 0.1) is 11.5 Å². The van der Waals surface area contributed by atoms with Gasteiger partial charge in [-0.05, 0) is 49.6 Å². The van der Waals surface area contributed by atoms with Gasteiger partial charge in [0, 0.05) is 22.2 Å². The zero-order valence-corrected chi connectivity index (χ0v) is 13.8. The van der Waals surface area contributed by atoms with E-state index in [-0.39, 0.29) is 17.4 Å². The highest BCUT2D eigenvalue weighted by atomic mass is 35.5. The summed E-state index contributed by atoms with van der Waals surface area (Å²) in [7, 11) is 0. The lowest BCUT2D eigenvalue weighted by Gasteiger charge is -2.31. The monoisotopic (exact) mass is 324 g/mol. The Balaban J connectivity index is 1.80. The van der Waals surface area contributed by atoms with E-state index < -0.39 is 0 Å². The molecule has 2 heterocycles. The number of nitrogens with one attached hydrogen (secondary N) is 2. The number of benzene rings is 1. The zero-order chi connectivity index (χ0) is 14.9. The Morgan fingerprint density at radius 2 is 2.43 bits per heavy atom. The summed E-state index contributed by atoms with van der Waals surface area (Å²) >= 11 is 7.97. The number of halogens is 1. The Bertz CT molecular complexity index is 543. The number of thioether (sulfide) groups is 1. The van der Waals surface area contributed by atoms with Gasteiger partial charge >= 0.3 is 0 Å². The lowest BCUT2D eigenvalue weighted by atomic mass is 9.83. The van der Waals surface area contributed by atoms with Gasteiger partial charge in [0.25, 0.3) is 0 Å². The first kappa shape index (κ1) is 15.2. The molecular weight excluding hydrogens is 304 g/mol. The average molecular weight is 325 g/mol. The quantitative estimate of drug-likeness (QED) is 0.895. The van der Waals surface area contributed by atoms with Crippen LogP contribution in [0.2, 0.25) is 5.02 Å². The molecule has 0 aromatic heterocycles. The maximum absolute atomic E-state index is 12.8. The van der Waals surface area contributed by atoms with E-state index in [4.69, 9.17) is 11.6 Å². The normalized spacial score (nSPS) is 28.2. The van der Waals surface area contributed by atoms with Gasteiger partial charge in [-0.25, -0.2) is 0 Å². The van der Waals surface area contributed by atoms with Crippen molar-refractivity contribution >= 4 is 29.3 Å². The molecule has 1 saturated heterocycles. The lowest BCUT2D eigenvalue weighted by molar-refractivity contribution is -0.131. The molecule has 3 nitrogen and oxygen atoms in total. The van der Waals surface area contributed by atoms with Crippen molar-refractivity contribution in [2.75, 3.05) is 18.8 Å². The smallest absolute Gasteiger partial charge is 0.228 e. The summed E-state index contributed by atoms with van der Waals surface area (Å²) < 4.78 is 0. The van der Waals surface area contributed by atoms with Crippen LogP contribution < -0.4 is 10.6 Å². The van der Waals surface area contributed by atoms with E-state index >= 15 is 0 Å². The molecule has 3 rings (SSSR count). The molecule has 1 fully saturated rings. The fourth-order valence-electron chi connectivity index (χ4n) is 3.23. The number of carbonyl (C=O) groups excluding carboxylic acids is 1. The Labute approximate surface area is 135 Å². The van der Waals surface area contributed by atoms with Crippen LogP contribution in [0, 0.1) is 5.41 Å². The van der Waals surface area contributed by atoms with Crippen molar-refractivity contribution in [1.82, 2.24) is 10.6 Å². The molecule has 1 amide bonds. The van der Waals surface area contributed by atoms with Crippen molar-refractivity contribution in [1.29, 1.82) is 0 Å². The van der Waals surface area contributed by atoms with Crippen molar-refractivity contribution in [2.45, 2.75) is 37.1 Å². The molecule has 0 saturated carbocycles. The molecule has 2 N–H and O–H groups in total. The third kappa shape index (κ3) is 2.94. The average Bonchev–Trinajstić information content (AvgIpc) is 2.98. The van der Waals surface area contributed by atoms with Crippen LogP contribution >= 0.6 is 23.4 Å². The van der Waals surface area contributed by atoms with Crippen LogP contribution in [-0.2, 0) is 4.79 Å². The fraction of sp³-hybridized carbons (Fsp3) is 0.562. The zero-order valence-electron chi connectivity index (χ0n) is 12.2.